The fraction of sp³-hybridized carbons (Fsp3) is 0.182. The Morgan fingerprint density at radius 3 is 2.75 bits per heavy atom. The summed E-state index contributed by atoms with van der Waals surface area (Å²) in [4.78, 5) is 0.187. The first-order valence-electron chi connectivity index (χ1n) is 5.61. The highest BCUT2D eigenvalue weighted by Gasteiger charge is 2.17. The Bertz CT molecular complexity index is 715. The summed E-state index contributed by atoms with van der Waals surface area (Å²) in [5.41, 5.74) is 6.07. The van der Waals surface area contributed by atoms with Crippen molar-refractivity contribution >= 4 is 47.6 Å². The second kappa shape index (κ2) is 6.25. The van der Waals surface area contributed by atoms with Gasteiger partial charge in [0.2, 0.25) is 10.0 Å². The molecular weight excluding hydrogens is 412 g/mol. The van der Waals surface area contributed by atoms with Gasteiger partial charge in [-0.1, -0.05) is 15.9 Å². The molecule has 0 unspecified atom stereocenters. The van der Waals surface area contributed by atoms with E-state index in [0.29, 0.717) is 21.2 Å². The van der Waals surface area contributed by atoms with Crippen LogP contribution >= 0.6 is 31.9 Å². The van der Waals surface area contributed by atoms with E-state index in [1.807, 2.05) is 0 Å². The van der Waals surface area contributed by atoms with Gasteiger partial charge in [-0.25, -0.2) is 13.1 Å². The van der Waals surface area contributed by atoms with Crippen LogP contribution in [0.15, 0.2) is 44.4 Å². The van der Waals surface area contributed by atoms with E-state index >= 15 is 0 Å². The Hall–Kier alpha value is -0.900. The maximum atomic E-state index is 12.2. The van der Waals surface area contributed by atoms with Gasteiger partial charge in [-0.05, 0) is 34.1 Å². The highest BCUT2D eigenvalue weighted by molar-refractivity contribution is 9.11. The smallest absolute Gasteiger partial charge is 0.241 e. The standard InChI is InChI=1S/C11H12Br2N4O2S/c12-8-1-2-10(13)11(5-8)20(18,19)16-3-4-17-7-9(14)6-15-17/h1-2,5-7,16H,3-4,14H2. The van der Waals surface area contributed by atoms with Crippen LogP contribution in [-0.4, -0.2) is 24.7 Å². The van der Waals surface area contributed by atoms with Crippen molar-refractivity contribution < 1.29 is 8.42 Å². The molecule has 0 amide bonds. The average Bonchev–Trinajstić information content (AvgIpc) is 2.78. The number of nitrogen functional groups attached to an aromatic ring is 1. The van der Waals surface area contributed by atoms with Crippen molar-refractivity contribution in [1.82, 2.24) is 14.5 Å². The lowest BCUT2D eigenvalue weighted by Crippen LogP contribution is -2.27. The second-order valence-corrected chi connectivity index (χ2v) is 7.51. The number of sulfonamides is 1. The molecule has 0 bridgehead atoms. The van der Waals surface area contributed by atoms with E-state index in [1.165, 1.54) is 12.3 Å². The molecule has 20 heavy (non-hydrogen) atoms. The van der Waals surface area contributed by atoms with Gasteiger partial charge in [-0.15, -0.1) is 0 Å². The minimum atomic E-state index is -3.58. The van der Waals surface area contributed by atoms with Crippen molar-refractivity contribution in [2.45, 2.75) is 11.4 Å². The van der Waals surface area contributed by atoms with Crippen LogP contribution in [0, 0.1) is 0 Å². The molecule has 0 spiro atoms. The van der Waals surface area contributed by atoms with E-state index in [9.17, 15) is 8.42 Å². The zero-order chi connectivity index (χ0) is 14.8. The van der Waals surface area contributed by atoms with E-state index in [1.54, 1.807) is 23.0 Å². The number of nitrogens with two attached hydrogens (primary N) is 1. The second-order valence-electron chi connectivity index (χ2n) is 4.01. The van der Waals surface area contributed by atoms with Crippen molar-refractivity contribution in [3.63, 3.8) is 0 Å². The zero-order valence-electron chi connectivity index (χ0n) is 10.3. The first-order valence-corrected chi connectivity index (χ1v) is 8.68. The van der Waals surface area contributed by atoms with E-state index in [4.69, 9.17) is 5.73 Å². The molecule has 6 nitrogen and oxygen atoms in total. The Morgan fingerprint density at radius 1 is 1.35 bits per heavy atom. The lowest BCUT2D eigenvalue weighted by Gasteiger charge is -2.09. The highest BCUT2D eigenvalue weighted by atomic mass is 79.9. The highest BCUT2D eigenvalue weighted by Crippen LogP contribution is 2.25. The summed E-state index contributed by atoms with van der Waals surface area (Å²) >= 11 is 6.49. The van der Waals surface area contributed by atoms with Gasteiger partial charge in [0.25, 0.3) is 0 Å². The summed E-state index contributed by atoms with van der Waals surface area (Å²) in [6.07, 6.45) is 3.16. The van der Waals surface area contributed by atoms with Gasteiger partial charge >= 0.3 is 0 Å². The molecule has 1 heterocycles. The third kappa shape index (κ3) is 3.81. The van der Waals surface area contributed by atoms with Crippen LogP contribution in [0.1, 0.15) is 0 Å². The lowest BCUT2D eigenvalue weighted by atomic mass is 10.4. The summed E-state index contributed by atoms with van der Waals surface area (Å²) in [7, 11) is -3.58. The summed E-state index contributed by atoms with van der Waals surface area (Å²) in [5.74, 6) is 0. The molecule has 2 aromatic rings. The Kier molecular flexibility index (Phi) is 4.84. The van der Waals surface area contributed by atoms with Crippen molar-refractivity contribution in [3.05, 3.63) is 39.5 Å². The van der Waals surface area contributed by atoms with E-state index in [0.717, 1.165) is 0 Å². The van der Waals surface area contributed by atoms with Gasteiger partial charge in [-0.3, -0.25) is 4.68 Å². The molecule has 3 N–H and O–H groups in total. The van der Waals surface area contributed by atoms with Crippen LogP contribution in [0.25, 0.3) is 0 Å². The number of hydrogen-bond acceptors (Lipinski definition) is 4. The van der Waals surface area contributed by atoms with Gasteiger partial charge in [0.05, 0.1) is 23.3 Å². The van der Waals surface area contributed by atoms with Crippen molar-refractivity contribution in [2.24, 2.45) is 0 Å². The third-order valence-electron chi connectivity index (χ3n) is 2.47. The Morgan fingerprint density at radius 2 is 2.10 bits per heavy atom. The number of rotatable bonds is 5. The Balaban J connectivity index is 2.06. The molecule has 1 aromatic heterocycles. The lowest BCUT2D eigenvalue weighted by molar-refractivity contribution is 0.560. The predicted octanol–water partition coefficient (Wildman–Crippen LogP) is 1.97. The first kappa shape index (κ1) is 15.5. The van der Waals surface area contributed by atoms with E-state index in [2.05, 4.69) is 41.7 Å². The molecule has 2 rings (SSSR count). The van der Waals surface area contributed by atoms with Gasteiger partial charge < -0.3 is 5.73 Å². The monoisotopic (exact) mass is 422 g/mol. The summed E-state index contributed by atoms with van der Waals surface area (Å²) in [6.45, 7) is 0.629. The van der Waals surface area contributed by atoms with Gasteiger partial charge in [0.15, 0.2) is 0 Å². The quantitative estimate of drug-likeness (QED) is 0.769. The molecule has 0 fully saturated rings. The number of aromatic nitrogens is 2. The first-order chi connectivity index (χ1) is 9.38. The largest absolute Gasteiger partial charge is 0.396 e. The minimum absolute atomic E-state index is 0.187. The molecule has 0 atom stereocenters. The molecule has 9 heteroatoms. The van der Waals surface area contributed by atoms with E-state index in [-0.39, 0.29) is 11.4 Å². The van der Waals surface area contributed by atoms with Crippen LogP contribution in [0.4, 0.5) is 5.69 Å². The van der Waals surface area contributed by atoms with Crippen molar-refractivity contribution in [3.8, 4) is 0 Å². The molecule has 0 aliphatic carbocycles. The van der Waals surface area contributed by atoms with Crippen LogP contribution in [0.2, 0.25) is 0 Å². The maximum Gasteiger partial charge on any atom is 0.241 e. The number of benzene rings is 1. The Labute approximate surface area is 133 Å². The van der Waals surface area contributed by atoms with Gasteiger partial charge in [0, 0.05) is 21.7 Å². The third-order valence-corrected chi connectivity index (χ3v) is 5.42. The predicted molar refractivity (Wildman–Crippen MR) is 83.7 cm³/mol. The fourth-order valence-electron chi connectivity index (χ4n) is 1.56. The van der Waals surface area contributed by atoms with Crippen LogP contribution in [0.5, 0.6) is 0 Å². The summed E-state index contributed by atoms with van der Waals surface area (Å²) < 4.78 is 29.7. The topological polar surface area (TPSA) is 90.0 Å². The SMILES string of the molecule is Nc1cnn(CCNS(=O)(=O)c2cc(Br)ccc2Br)c1. The van der Waals surface area contributed by atoms with Crippen molar-refractivity contribution in [2.75, 3.05) is 12.3 Å². The molecule has 0 aliphatic rings. The summed E-state index contributed by atoms with van der Waals surface area (Å²) in [6, 6.07) is 4.97. The number of halogens is 2. The number of nitrogens with zero attached hydrogens (tertiary/aromatic N) is 2. The zero-order valence-corrected chi connectivity index (χ0v) is 14.2. The van der Waals surface area contributed by atoms with Crippen LogP contribution in [-0.2, 0) is 16.6 Å². The van der Waals surface area contributed by atoms with Gasteiger partial charge in [-0.2, -0.15) is 5.10 Å². The molecule has 0 saturated carbocycles. The van der Waals surface area contributed by atoms with Crippen molar-refractivity contribution in [1.29, 1.82) is 0 Å². The normalized spacial score (nSPS) is 11.7. The molecule has 0 aliphatic heterocycles. The van der Waals surface area contributed by atoms with Crippen LogP contribution in [0.3, 0.4) is 0 Å². The average molecular weight is 424 g/mol. The molecule has 0 radical (unpaired) electrons. The molecule has 108 valence electrons. The van der Waals surface area contributed by atoms with E-state index < -0.39 is 10.0 Å². The van der Waals surface area contributed by atoms with Crippen LogP contribution < -0.4 is 10.5 Å². The number of nitrogens with one attached hydrogen (secondary N) is 1. The molecule has 0 saturated heterocycles. The number of anilines is 1. The molecule has 1 aromatic carbocycles. The maximum absolute atomic E-state index is 12.2. The fourth-order valence-corrected chi connectivity index (χ4v) is 4.08. The minimum Gasteiger partial charge on any atom is -0.396 e. The molecular formula is C11H12Br2N4O2S. The summed E-state index contributed by atoms with van der Waals surface area (Å²) in [5, 5.41) is 3.98. The number of hydrogen-bond donors (Lipinski definition) is 2. The van der Waals surface area contributed by atoms with Gasteiger partial charge in [0.1, 0.15) is 0 Å².